The van der Waals surface area contributed by atoms with E-state index in [9.17, 15) is 0 Å². The number of likely N-dealkylation sites (tertiary alicyclic amines) is 1. The topological polar surface area (TPSA) is 55.8 Å². The number of benzene rings is 1. The first-order valence-electron chi connectivity index (χ1n) is 12.2. The van der Waals surface area contributed by atoms with Crippen LogP contribution in [0.1, 0.15) is 49.7 Å². The summed E-state index contributed by atoms with van der Waals surface area (Å²) in [5, 5.41) is 7.14. The van der Waals surface area contributed by atoms with Gasteiger partial charge in [-0.25, -0.2) is 4.98 Å². The van der Waals surface area contributed by atoms with Gasteiger partial charge in [0.05, 0.1) is 0 Å². The van der Waals surface area contributed by atoms with E-state index in [1.54, 1.807) is 0 Å². The molecular weight excluding hydrogens is 396 g/mol. The number of piperidine rings is 1. The molecule has 3 heterocycles. The highest BCUT2D eigenvalue weighted by Crippen LogP contribution is 2.18. The molecule has 2 aliphatic rings. The SMILES string of the molecule is CN=C(NCc1ccnc(N2CCCCCC2)c1)NC1CCN(Cc2ccccc2)CC1. The highest BCUT2D eigenvalue weighted by atomic mass is 15.2. The van der Waals surface area contributed by atoms with Crippen molar-refractivity contribution in [3.63, 3.8) is 0 Å². The number of nitrogens with zero attached hydrogens (tertiary/aromatic N) is 4. The minimum atomic E-state index is 0.471. The molecule has 0 atom stereocenters. The number of rotatable bonds is 6. The van der Waals surface area contributed by atoms with E-state index in [-0.39, 0.29) is 0 Å². The number of nitrogens with one attached hydrogen (secondary N) is 2. The molecule has 4 rings (SSSR count). The lowest BCUT2D eigenvalue weighted by atomic mass is 10.0. The van der Waals surface area contributed by atoms with Crippen molar-refractivity contribution < 1.29 is 0 Å². The Kier molecular flexibility index (Phi) is 8.37. The lowest BCUT2D eigenvalue weighted by Crippen LogP contribution is -2.48. The molecule has 2 aliphatic heterocycles. The fourth-order valence-electron chi connectivity index (χ4n) is 4.69. The first-order chi connectivity index (χ1) is 15.8. The first kappa shape index (κ1) is 22.6. The van der Waals surface area contributed by atoms with Crippen LogP contribution in [0.5, 0.6) is 0 Å². The normalized spacial score (nSPS) is 18.9. The predicted molar refractivity (Wildman–Crippen MR) is 133 cm³/mol. The zero-order valence-corrected chi connectivity index (χ0v) is 19.5. The second-order valence-corrected chi connectivity index (χ2v) is 9.03. The lowest BCUT2D eigenvalue weighted by molar-refractivity contribution is 0.198. The lowest BCUT2D eigenvalue weighted by Gasteiger charge is -2.33. The minimum absolute atomic E-state index is 0.471. The van der Waals surface area contributed by atoms with Gasteiger partial charge in [0.1, 0.15) is 5.82 Å². The Morgan fingerprint density at radius 3 is 2.44 bits per heavy atom. The fourth-order valence-corrected chi connectivity index (χ4v) is 4.69. The Hall–Kier alpha value is -2.60. The highest BCUT2D eigenvalue weighted by molar-refractivity contribution is 5.80. The van der Waals surface area contributed by atoms with Crippen LogP contribution in [-0.4, -0.2) is 55.1 Å². The van der Waals surface area contributed by atoms with Crippen molar-refractivity contribution >= 4 is 11.8 Å². The second-order valence-electron chi connectivity index (χ2n) is 9.03. The molecule has 2 saturated heterocycles. The van der Waals surface area contributed by atoms with Gasteiger partial charge in [-0.3, -0.25) is 9.89 Å². The largest absolute Gasteiger partial charge is 0.357 e. The van der Waals surface area contributed by atoms with E-state index in [4.69, 9.17) is 0 Å². The Morgan fingerprint density at radius 2 is 1.72 bits per heavy atom. The van der Waals surface area contributed by atoms with Crippen LogP contribution in [0.25, 0.3) is 0 Å². The smallest absolute Gasteiger partial charge is 0.191 e. The van der Waals surface area contributed by atoms with Crippen molar-refractivity contribution in [2.75, 3.05) is 38.1 Å². The summed E-state index contributed by atoms with van der Waals surface area (Å²) in [4.78, 5) is 14.1. The van der Waals surface area contributed by atoms with Gasteiger partial charge in [-0.2, -0.15) is 0 Å². The van der Waals surface area contributed by atoms with Crippen molar-refractivity contribution in [1.29, 1.82) is 0 Å². The van der Waals surface area contributed by atoms with Gasteiger partial charge in [-0.15, -0.1) is 0 Å². The third-order valence-corrected chi connectivity index (χ3v) is 6.60. The Bertz CT molecular complexity index is 836. The molecule has 0 spiro atoms. The van der Waals surface area contributed by atoms with E-state index in [2.05, 4.69) is 72.9 Å². The number of hydrogen-bond acceptors (Lipinski definition) is 4. The molecule has 0 radical (unpaired) electrons. The van der Waals surface area contributed by atoms with Crippen molar-refractivity contribution in [1.82, 2.24) is 20.5 Å². The number of aromatic nitrogens is 1. The van der Waals surface area contributed by atoms with Gasteiger partial charge in [0, 0.05) is 58.6 Å². The molecule has 6 heteroatoms. The minimum Gasteiger partial charge on any atom is -0.357 e. The van der Waals surface area contributed by atoms with Crippen molar-refractivity contribution in [2.24, 2.45) is 4.99 Å². The third-order valence-electron chi connectivity index (χ3n) is 6.60. The van der Waals surface area contributed by atoms with Gasteiger partial charge in [-0.1, -0.05) is 43.2 Å². The summed E-state index contributed by atoms with van der Waals surface area (Å²) in [6.45, 7) is 6.28. The second kappa shape index (κ2) is 11.9. The summed E-state index contributed by atoms with van der Waals surface area (Å²) in [6.07, 6.45) is 9.44. The quantitative estimate of drug-likeness (QED) is 0.535. The standard InChI is InChI=1S/C26H38N6/c1-27-26(30-24-12-17-31(18-13-24)21-22-9-5-4-6-10-22)29-20-23-11-14-28-25(19-23)32-15-7-2-3-8-16-32/h4-6,9-11,14,19,24H,2-3,7-8,12-13,15-18,20-21H2,1H3,(H2,27,29,30). The van der Waals surface area contributed by atoms with E-state index in [0.717, 1.165) is 63.9 Å². The fraction of sp³-hybridized carbons (Fsp3) is 0.538. The average molecular weight is 435 g/mol. The van der Waals surface area contributed by atoms with E-state index in [0.29, 0.717) is 6.04 Å². The van der Waals surface area contributed by atoms with Gasteiger partial charge in [-0.05, 0) is 48.9 Å². The summed E-state index contributed by atoms with van der Waals surface area (Å²) >= 11 is 0. The summed E-state index contributed by atoms with van der Waals surface area (Å²) in [6, 6.07) is 15.6. The molecule has 0 unspecified atom stereocenters. The van der Waals surface area contributed by atoms with Crippen LogP contribution >= 0.6 is 0 Å². The molecule has 0 amide bonds. The van der Waals surface area contributed by atoms with Crippen LogP contribution in [-0.2, 0) is 13.1 Å². The number of pyridine rings is 1. The summed E-state index contributed by atoms with van der Waals surface area (Å²) in [5.41, 5.74) is 2.65. The van der Waals surface area contributed by atoms with Crippen LogP contribution in [0.15, 0.2) is 53.7 Å². The third kappa shape index (κ3) is 6.70. The number of aliphatic imine (C=N–C) groups is 1. The summed E-state index contributed by atoms with van der Waals surface area (Å²) < 4.78 is 0. The molecule has 1 aromatic heterocycles. The zero-order chi connectivity index (χ0) is 22.0. The zero-order valence-electron chi connectivity index (χ0n) is 19.5. The monoisotopic (exact) mass is 434 g/mol. The first-order valence-corrected chi connectivity index (χ1v) is 12.2. The molecular formula is C26H38N6. The molecule has 2 aromatic rings. The molecule has 2 N–H and O–H groups in total. The van der Waals surface area contributed by atoms with Gasteiger partial charge in [0.2, 0.25) is 0 Å². The molecule has 0 saturated carbocycles. The van der Waals surface area contributed by atoms with Crippen LogP contribution in [0.4, 0.5) is 5.82 Å². The molecule has 0 bridgehead atoms. The average Bonchev–Trinajstić information content (AvgIpc) is 3.13. The molecule has 6 nitrogen and oxygen atoms in total. The van der Waals surface area contributed by atoms with Crippen LogP contribution in [0, 0.1) is 0 Å². The number of hydrogen-bond donors (Lipinski definition) is 2. The van der Waals surface area contributed by atoms with Crippen molar-refractivity contribution in [3.8, 4) is 0 Å². The van der Waals surface area contributed by atoms with Crippen LogP contribution < -0.4 is 15.5 Å². The van der Waals surface area contributed by atoms with Gasteiger partial charge in [0.25, 0.3) is 0 Å². The maximum atomic E-state index is 4.63. The Balaban J connectivity index is 1.23. The van der Waals surface area contributed by atoms with E-state index in [1.807, 2.05) is 13.2 Å². The van der Waals surface area contributed by atoms with Gasteiger partial charge < -0.3 is 15.5 Å². The molecule has 0 aliphatic carbocycles. The van der Waals surface area contributed by atoms with Crippen LogP contribution in [0.3, 0.4) is 0 Å². The van der Waals surface area contributed by atoms with E-state index >= 15 is 0 Å². The molecule has 32 heavy (non-hydrogen) atoms. The van der Waals surface area contributed by atoms with E-state index < -0.39 is 0 Å². The van der Waals surface area contributed by atoms with Crippen molar-refractivity contribution in [2.45, 2.75) is 57.7 Å². The predicted octanol–water partition coefficient (Wildman–Crippen LogP) is 3.79. The van der Waals surface area contributed by atoms with Gasteiger partial charge in [0.15, 0.2) is 5.96 Å². The maximum absolute atomic E-state index is 4.63. The molecule has 172 valence electrons. The summed E-state index contributed by atoms with van der Waals surface area (Å²) in [7, 11) is 1.86. The molecule has 2 fully saturated rings. The maximum Gasteiger partial charge on any atom is 0.191 e. The van der Waals surface area contributed by atoms with Crippen molar-refractivity contribution in [3.05, 3.63) is 59.8 Å². The van der Waals surface area contributed by atoms with E-state index in [1.165, 1.54) is 36.8 Å². The van der Waals surface area contributed by atoms with Crippen LogP contribution in [0.2, 0.25) is 0 Å². The highest BCUT2D eigenvalue weighted by Gasteiger charge is 2.20. The molecule has 1 aromatic carbocycles. The number of anilines is 1. The summed E-state index contributed by atoms with van der Waals surface area (Å²) in [5.74, 6) is 2.00. The van der Waals surface area contributed by atoms with Gasteiger partial charge >= 0.3 is 0 Å². The Labute approximate surface area is 193 Å². The number of guanidine groups is 1. The Morgan fingerprint density at radius 1 is 0.969 bits per heavy atom.